The van der Waals surface area contributed by atoms with Crippen molar-refractivity contribution in [2.24, 2.45) is 5.92 Å². The number of ether oxygens (including phenoxy) is 1. The Hall–Kier alpha value is -3.59. The second-order valence-electron chi connectivity index (χ2n) is 9.37. The van der Waals surface area contributed by atoms with Crippen molar-refractivity contribution in [3.05, 3.63) is 84.1 Å². The highest BCUT2D eigenvalue weighted by atomic mass is 19.1. The van der Waals surface area contributed by atoms with Crippen LogP contribution in [-0.4, -0.2) is 52.0 Å². The molecule has 2 aliphatic rings. The zero-order valence-electron chi connectivity index (χ0n) is 19.9. The maximum Gasteiger partial charge on any atom is 0.277 e. The van der Waals surface area contributed by atoms with Crippen LogP contribution in [0.4, 0.5) is 4.39 Å². The van der Waals surface area contributed by atoms with Gasteiger partial charge in [0.25, 0.3) is 5.91 Å². The molecule has 3 heterocycles. The average Bonchev–Trinajstić information content (AvgIpc) is 3.59. The van der Waals surface area contributed by atoms with Gasteiger partial charge in [-0.15, -0.1) is 0 Å². The third-order valence-electron chi connectivity index (χ3n) is 7.11. The fraction of sp³-hybridized carbons (Fsp3) is 0.407. The van der Waals surface area contributed by atoms with Crippen LogP contribution in [0.3, 0.4) is 0 Å². The lowest BCUT2D eigenvalue weighted by atomic mass is 9.81. The minimum Gasteiger partial charge on any atom is -0.451 e. The fourth-order valence-corrected chi connectivity index (χ4v) is 5.40. The number of fused-ring (bicyclic) bond motifs is 1. The lowest BCUT2D eigenvalue weighted by Gasteiger charge is -2.41. The van der Waals surface area contributed by atoms with Gasteiger partial charge in [0.1, 0.15) is 18.1 Å². The predicted octanol–water partition coefficient (Wildman–Crippen LogP) is 3.71. The quantitative estimate of drug-likeness (QED) is 0.515. The summed E-state index contributed by atoms with van der Waals surface area (Å²) in [5, 5.41) is 2.96. The van der Waals surface area contributed by atoms with E-state index in [2.05, 4.69) is 15.3 Å². The first-order valence-corrected chi connectivity index (χ1v) is 12.3. The summed E-state index contributed by atoms with van der Waals surface area (Å²) < 4.78 is 24.5. The largest absolute Gasteiger partial charge is 0.451 e. The Bertz CT molecular complexity index is 1170. The number of nitrogens with one attached hydrogen (secondary N) is 1. The smallest absolute Gasteiger partial charge is 0.277 e. The van der Waals surface area contributed by atoms with Crippen LogP contribution in [0, 0.1) is 11.7 Å². The number of aromatic nitrogens is 2. The van der Waals surface area contributed by atoms with Crippen molar-refractivity contribution >= 4 is 11.8 Å². The molecular formula is C27H29FN4O4. The Morgan fingerprint density at radius 2 is 2.11 bits per heavy atom. The van der Waals surface area contributed by atoms with Crippen molar-refractivity contribution in [3.63, 3.8) is 0 Å². The molecule has 0 bridgehead atoms. The van der Waals surface area contributed by atoms with E-state index in [4.69, 9.17) is 9.15 Å². The first-order valence-electron chi connectivity index (χ1n) is 12.3. The number of carbonyl (C=O) groups excluding carboxylic acids is 2. The highest BCUT2D eigenvalue weighted by molar-refractivity contribution is 5.96. The van der Waals surface area contributed by atoms with E-state index in [-0.39, 0.29) is 35.5 Å². The first-order chi connectivity index (χ1) is 17.6. The number of amides is 2. The molecule has 1 saturated carbocycles. The second kappa shape index (κ2) is 11.0. The fourth-order valence-electron chi connectivity index (χ4n) is 5.40. The molecule has 8 nitrogen and oxygen atoms in total. The van der Waals surface area contributed by atoms with Gasteiger partial charge in [-0.3, -0.25) is 14.6 Å². The van der Waals surface area contributed by atoms with Gasteiger partial charge in [0.15, 0.2) is 12.1 Å². The van der Waals surface area contributed by atoms with Crippen LogP contribution in [0.5, 0.6) is 0 Å². The third kappa shape index (κ3) is 5.31. The summed E-state index contributed by atoms with van der Waals surface area (Å²) in [6, 6.07) is 8.78. The van der Waals surface area contributed by atoms with Gasteiger partial charge in [0.05, 0.1) is 6.10 Å². The van der Waals surface area contributed by atoms with E-state index in [0.29, 0.717) is 24.4 Å². The molecule has 36 heavy (non-hydrogen) atoms. The summed E-state index contributed by atoms with van der Waals surface area (Å²) in [6.07, 6.45) is 9.70. The van der Waals surface area contributed by atoms with E-state index in [9.17, 15) is 14.0 Å². The zero-order chi connectivity index (χ0) is 24.9. The Morgan fingerprint density at radius 3 is 2.89 bits per heavy atom. The van der Waals surface area contributed by atoms with Crippen LogP contribution in [0.15, 0.2) is 65.9 Å². The Labute approximate surface area is 208 Å². The molecular weight excluding hydrogens is 463 g/mol. The van der Waals surface area contributed by atoms with E-state index in [1.165, 1.54) is 24.8 Å². The summed E-state index contributed by atoms with van der Waals surface area (Å²) in [5.74, 6) is -0.647. The highest BCUT2D eigenvalue weighted by Crippen LogP contribution is 2.39. The molecule has 0 radical (unpaired) electrons. The molecule has 2 aromatic heterocycles. The molecule has 1 saturated heterocycles. The molecule has 5 rings (SSSR count). The van der Waals surface area contributed by atoms with Crippen molar-refractivity contribution in [3.8, 4) is 0 Å². The normalized spacial score (nSPS) is 22.0. The van der Waals surface area contributed by atoms with E-state index in [1.807, 2.05) is 6.07 Å². The molecule has 3 aromatic rings. The molecule has 1 N–H and O–H groups in total. The van der Waals surface area contributed by atoms with Crippen molar-refractivity contribution in [2.45, 2.75) is 50.3 Å². The maximum absolute atomic E-state index is 13.8. The van der Waals surface area contributed by atoms with Crippen LogP contribution in [0.1, 0.15) is 53.3 Å². The van der Waals surface area contributed by atoms with Crippen LogP contribution < -0.4 is 5.32 Å². The zero-order valence-corrected chi connectivity index (χ0v) is 19.9. The third-order valence-corrected chi connectivity index (χ3v) is 7.11. The number of carbonyl (C=O) groups is 2. The van der Waals surface area contributed by atoms with Gasteiger partial charge in [-0.25, -0.2) is 9.37 Å². The maximum atomic E-state index is 13.8. The molecule has 188 valence electrons. The highest BCUT2D eigenvalue weighted by Gasteiger charge is 2.43. The van der Waals surface area contributed by atoms with E-state index in [0.717, 1.165) is 37.9 Å². The lowest BCUT2D eigenvalue weighted by molar-refractivity contribution is -0.127. The summed E-state index contributed by atoms with van der Waals surface area (Å²) >= 11 is 0. The number of hydrogen-bond acceptors (Lipinski definition) is 6. The van der Waals surface area contributed by atoms with Crippen LogP contribution in [-0.2, 0) is 16.0 Å². The number of rotatable bonds is 8. The van der Waals surface area contributed by atoms with Crippen molar-refractivity contribution in [2.75, 3.05) is 13.2 Å². The van der Waals surface area contributed by atoms with Gasteiger partial charge in [-0.2, -0.15) is 0 Å². The summed E-state index contributed by atoms with van der Waals surface area (Å²) in [5.41, 5.74) is 1.55. The Kier molecular flexibility index (Phi) is 7.36. The molecule has 2 fully saturated rings. The van der Waals surface area contributed by atoms with E-state index < -0.39 is 6.04 Å². The minimum absolute atomic E-state index is 0.154. The van der Waals surface area contributed by atoms with Gasteiger partial charge in [0.2, 0.25) is 5.91 Å². The molecule has 4 atom stereocenters. The van der Waals surface area contributed by atoms with Gasteiger partial charge in [0, 0.05) is 37.2 Å². The summed E-state index contributed by atoms with van der Waals surface area (Å²) in [4.78, 5) is 37.4. The lowest BCUT2D eigenvalue weighted by Crippen LogP contribution is -2.51. The van der Waals surface area contributed by atoms with Crippen molar-refractivity contribution in [1.29, 1.82) is 0 Å². The topological polar surface area (TPSA) is 97.6 Å². The van der Waals surface area contributed by atoms with Crippen molar-refractivity contribution < 1.29 is 23.1 Å². The van der Waals surface area contributed by atoms with Gasteiger partial charge < -0.3 is 19.4 Å². The molecule has 2 amide bonds. The van der Waals surface area contributed by atoms with Crippen LogP contribution in [0.2, 0.25) is 0 Å². The van der Waals surface area contributed by atoms with Crippen LogP contribution >= 0.6 is 0 Å². The number of oxazole rings is 1. The number of benzene rings is 1. The second-order valence-corrected chi connectivity index (χ2v) is 9.37. The van der Waals surface area contributed by atoms with Gasteiger partial charge in [-0.1, -0.05) is 18.2 Å². The first kappa shape index (κ1) is 24.1. The SMILES string of the molecule is O=C(NCCc1cccc(F)c1)C(c1cccnc1)N(C(=O)c1cocn1)C1CCC2OCCC2C1. The molecule has 1 aromatic carbocycles. The number of halogens is 1. The number of pyridine rings is 1. The molecule has 1 aliphatic heterocycles. The van der Waals surface area contributed by atoms with E-state index in [1.54, 1.807) is 35.5 Å². The number of nitrogens with zero attached hydrogens (tertiary/aromatic N) is 3. The van der Waals surface area contributed by atoms with Gasteiger partial charge >= 0.3 is 0 Å². The summed E-state index contributed by atoms with van der Waals surface area (Å²) in [6.45, 7) is 1.03. The monoisotopic (exact) mass is 492 g/mol. The molecule has 9 heteroatoms. The van der Waals surface area contributed by atoms with Crippen molar-refractivity contribution in [1.82, 2.24) is 20.2 Å². The molecule has 0 spiro atoms. The number of hydrogen-bond donors (Lipinski definition) is 1. The summed E-state index contributed by atoms with van der Waals surface area (Å²) in [7, 11) is 0. The van der Waals surface area contributed by atoms with Gasteiger partial charge in [-0.05, 0) is 61.8 Å². The Morgan fingerprint density at radius 1 is 1.19 bits per heavy atom. The standard InChI is InChI=1S/C27H29FN4O4/c28-21-5-1-3-18(13-21)8-11-30-26(33)25(20-4-2-10-29-15-20)32(27(34)23-16-35-17-31-23)22-6-7-24-19(14-22)9-12-36-24/h1-5,10,13,15-17,19,22,24-25H,6-9,11-12,14H2,(H,30,33). The molecule has 4 unspecified atom stereocenters. The average molecular weight is 493 g/mol. The van der Waals surface area contributed by atoms with Crippen LogP contribution in [0.25, 0.3) is 0 Å². The predicted molar refractivity (Wildman–Crippen MR) is 128 cm³/mol. The van der Waals surface area contributed by atoms with E-state index >= 15 is 0 Å². The minimum atomic E-state index is -0.903. The molecule has 1 aliphatic carbocycles. The Balaban J connectivity index is 1.42.